The number of anilines is 1. The normalized spacial score (nSPS) is 13.7. The zero-order valence-corrected chi connectivity index (χ0v) is 23.6. The molecule has 0 unspecified atom stereocenters. The number of rotatable bonds is 5. The van der Waals surface area contributed by atoms with Crippen molar-refractivity contribution < 1.29 is 19.1 Å². The minimum atomic E-state index is -0.544. The van der Waals surface area contributed by atoms with Crippen molar-refractivity contribution in [3.8, 4) is 16.9 Å². The number of ether oxygens (including phenoxy) is 2. The van der Waals surface area contributed by atoms with E-state index in [0.717, 1.165) is 11.4 Å². The van der Waals surface area contributed by atoms with Crippen molar-refractivity contribution in [2.75, 3.05) is 25.5 Å². The highest BCUT2D eigenvalue weighted by atomic mass is 35.5. The predicted molar refractivity (Wildman–Crippen MR) is 147 cm³/mol. The Morgan fingerprint density at radius 2 is 1.85 bits per heavy atom. The number of halogens is 1. The van der Waals surface area contributed by atoms with E-state index in [1.807, 2.05) is 27.7 Å². The Kier molecular flexibility index (Phi) is 7.08. The first-order valence-corrected chi connectivity index (χ1v) is 13.3. The number of carbonyl (C=O) groups excluding carboxylic acids is 2. The lowest BCUT2D eigenvalue weighted by molar-refractivity contribution is 0.00786. The standard InChI is InChI=1S/C26H26ClN7O4S/c1-13-6-15(16-7-20(27)29-10-19(16)37-5)17(8-28-13)22(35)33-24-32-21-23(39-24)31-18(9-30-21)14-11-34(12-14)25(36)38-26(2,3)4/h6-10,14H,11-12H2,1-5H3,(H,30,32,33,35). The molecule has 4 aromatic heterocycles. The fourth-order valence-electron chi connectivity index (χ4n) is 4.04. The summed E-state index contributed by atoms with van der Waals surface area (Å²) in [5.74, 6) is 0.123. The number of hydrogen-bond acceptors (Lipinski definition) is 10. The van der Waals surface area contributed by atoms with Crippen LogP contribution >= 0.6 is 22.9 Å². The maximum Gasteiger partial charge on any atom is 0.410 e. The largest absolute Gasteiger partial charge is 0.494 e. The number of thiazole rings is 1. The molecule has 13 heteroatoms. The second kappa shape index (κ2) is 10.3. The van der Waals surface area contributed by atoms with Crippen molar-refractivity contribution in [3.63, 3.8) is 0 Å². The van der Waals surface area contributed by atoms with Gasteiger partial charge >= 0.3 is 6.09 Å². The third-order valence-corrected chi connectivity index (χ3v) is 7.00. The molecular formula is C26H26ClN7O4S. The zero-order chi connectivity index (χ0) is 27.9. The summed E-state index contributed by atoms with van der Waals surface area (Å²) in [6.45, 7) is 8.35. The van der Waals surface area contributed by atoms with Crippen LogP contribution in [-0.4, -0.2) is 67.6 Å². The van der Waals surface area contributed by atoms with Gasteiger partial charge in [0.2, 0.25) is 0 Å². The van der Waals surface area contributed by atoms with E-state index < -0.39 is 11.5 Å². The number of aryl methyl sites for hydroxylation is 1. The molecule has 2 amide bonds. The monoisotopic (exact) mass is 567 g/mol. The number of nitrogens with one attached hydrogen (secondary N) is 1. The number of likely N-dealkylation sites (tertiary alicyclic amines) is 1. The van der Waals surface area contributed by atoms with E-state index in [4.69, 9.17) is 21.1 Å². The molecule has 0 radical (unpaired) electrons. The molecule has 1 saturated heterocycles. The number of methoxy groups -OCH3 is 1. The number of hydrogen-bond donors (Lipinski definition) is 1. The molecule has 0 bridgehead atoms. The second-order valence-corrected chi connectivity index (χ2v) is 11.4. The molecular weight excluding hydrogens is 542 g/mol. The molecule has 5 heterocycles. The molecule has 0 atom stereocenters. The van der Waals surface area contributed by atoms with Gasteiger partial charge in [0.25, 0.3) is 5.91 Å². The predicted octanol–water partition coefficient (Wildman–Crippen LogP) is 5.10. The second-order valence-electron chi connectivity index (χ2n) is 10.1. The maximum atomic E-state index is 13.3. The average molecular weight is 568 g/mol. The van der Waals surface area contributed by atoms with Gasteiger partial charge in [-0.25, -0.2) is 19.7 Å². The van der Waals surface area contributed by atoms with Gasteiger partial charge in [0.1, 0.15) is 16.5 Å². The summed E-state index contributed by atoms with van der Waals surface area (Å²) < 4.78 is 10.9. The molecule has 1 aliphatic rings. The van der Waals surface area contributed by atoms with Gasteiger partial charge in [0.05, 0.1) is 30.8 Å². The van der Waals surface area contributed by atoms with Crippen LogP contribution in [0.2, 0.25) is 5.15 Å². The zero-order valence-electron chi connectivity index (χ0n) is 22.0. The molecule has 1 N–H and O–H groups in total. The lowest BCUT2D eigenvalue weighted by Crippen LogP contribution is -2.50. The van der Waals surface area contributed by atoms with Crippen LogP contribution in [0.5, 0.6) is 5.75 Å². The fraction of sp³-hybridized carbons (Fsp3) is 0.346. The molecule has 1 fully saturated rings. The highest BCUT2D eigenvalue weighted by Gasteiger charge is 2.35. The smallest absolute Gasteiger partial charge is 0.410 e. The topological polar surface area (TPSA) is 132 Å². The van der Waals surface area contributed by atoms with E-state index in [0.29, 0.717) is 51.1 Å². The third-order valence-electron chi connectivity index (χ3n) is 5.94. The van der Waals surface area contributed by atoms with Crippen LogP contribution in [0.15, 0.2) is 30.7 Å². The van der Waals surface area contributed by atoms with Crippen LogP contribution in [0.1, 0.15) is 48.4 Å². The van der Waals surface area contributed by atoms with Gasteiger partial charge in [0, 0.05) is 42.0 Å². The van der Waals surface area contributed by atoms with Crippen molar-refractivity contribution >= 4 is 50.5 Å². The van der Waals surface area contributed by atoms with E-state index in [9.17, 15) is 9.59 Å². The Bertz CT molecular complexity index is 1580. The van der Waals surface area contributed by atoms with Crippen LogP contribution in [0.4, 0.5) is 9.93 Å². The first kappa shape index (κ1) is 26.7. The summed E-state index contributed by atoms with van der Waals surface area (Å²) in [7, 11) is 1.52. The molecule has 1 aliphatic heterocycles. The fourth-order valence-corrected chi connectivity index (χ4v) is 5.00. The number of aromatic nitrogens is 5. The Labute approximate surface area is 233 Å². The molecule has 0 aromatic carbocycles. The summed E-state index contributed by atoms with van der Waals surface area (Å²) in [5, 5.41) is 3.46. The molecule has 0 spiro atoms. The molecule has 4 aromatic rings. The maximum absolute atomic E-state index is 13.3. The van der Waals surface area contributed by atoms with Gasteiger partial charge in [-0.1, -0.05) is 22.9 Å². The van der Waals surface area contributed by atoms with E-state index in [1.165, 1.54) is 30.8 Å². The van der Waals surface area contributed by atoms with Crippen LogP contribution in [0.25, 0.3) is 21.6 Å². The van der Waals surface area contributed by atoms with Crippen molar-refractivity contribution in [2.24, 2.45) is 0 Å². The first-order chi connectivity index (χ1) is 18.5. The summed E-state index contributed by atoms with van der Waals surface area (Å²) in [6.07, 6.45) is 4.33. The number of fused-ring (bicyclic) bond motifs is 1. The Morgan fingerprint density at radius 1 is 1.08 bits per heavy atom. The molecule has 0 saturated carbocycles. The summed E-state index contributed by atoms with van der Waals surface area (Å²) in [5.41, 5.74) is 2.89. The average Bonchev–Trinajstić information content (AvgIpc) is 3.23. The Hall–Kier alpha value is -3.90. The van der Waals surface area contributed by atoms with Gasteiger partial charge < -0.3 is 14.4 Å². The first-order valence-electron chi connectivity index (χ1n) is 12.1. The van der Waals surface area contributed by atoms with E-state index in [2.05, 4.69) is 30.2 Å². The highest BCUT2D eigenvalue weighted by molar-refractivity contribution is 7.21. The summed E-state index contributed by atoms with van der Waals surface area (Å²) >= 11 is 7.36. The van der Waals surface area contributed by atoms with Gasteiger partial charge in [-0.15, -0.1) is 0 Å². The summed E-state index contributed by atoms with van der Waals surface area (Å²) in [6, 6.07) is 3.43. The van der Waals surface area contributed by atoms with Crippen LogP contribution in [-0.2, 0) is 4.74 Å². The van der Waals surface area contributed by atoms with Crippen molar-refractivity contribution in [3.05, 3.63) is 52.8 Å². The third kappa shape index (κ3) is 5.76. The summed E-state index contributed by atoms with van der Waals surface area (Å²) in [4.78, 5) is 49.7. The number of amides is 2. The minimum Gasteiger partial charge on any atom is -0.494 e. The Balaban J connectivity index is 1.34. The van der Waals surface area contributed by atoms with E-state index >= 15 is 0 Å². The van der Waals surface area contributed by atoms with Crippen molar-refractivity contribution in [1.82, 2.24) is 29.8 Å². The van der Waals surface area contributed by atoms with Gasteiger partial charge in [0.15, 0.2) is 15.6 Å². The highest BCUT2D eigenvalue weighted by Crippen LogP contribution is 2.35. The number of nitrogens with zero attached hydrogens (tertiary/aromatic N) is 6. The van der Waals surface area contributed by atoms with Gasteiger partial charge in [-0.3, -0.25) is 15.1 Å². The SMILES string of the molecule is COc1cnc(Cl)cc1-c1cc(C)ncc1C(=O)Nc1nc2ncc(C3CN(C(=O)OC(C)(C)C)C3)nc2s1. The van der Waals surface area contributed by atoms with Crippen molar-refractivity contribution in [1.29, 1.82) is 0 Å². The molecule has 11 nitrogen and oxygen atoms in total. The van der Waals surface area contributed by atoms with Gasteiger partial charge in [-0.05, 0) is 39.8 Å². The molecule has 0 aliphatic carbocycles. The van der Waals surface area contributed by atoms with Crippen LogP contribution in [0, 0.1) is 6.92 Å². The lowest BCUT2D eigenvalue weighted by Gasteiger charge is -2.39. The van der Waals surface area contributed by atoms with E-state index in [-0.39, 0.29) is 17.2 Å². The molecule has 5 rings (SSSR count). The minimum absolute atomic E-state index is 0.0536. The lowest BCUT2D eigenvalue weighted by atomic mass is 9.97. The van der Waals surface area contributed by atoms with Crippen LogP contribution < -0.4 is 10.1 Å². The van der Waals surface area contributed by atoms with Crippen molar-refractivity contribution in [2.45, 2.75) is 39.2 Å². The van der Waals surface area contributed by atoms with Gasteiger partial charge in [-0.2, -0.15) is 4.98 Å². The molecule has 39 heavy (non-hydrogen) atoms. The number of pyridine rings is 2. The Morgan fingerprint density at radius 3 is 2.56 bits per heavy atom. The van der Waals surface area contributed by atoms with E-state index in [1.54, 1.807) is 23.2 Å². The quantitative estimate of drug-likeness (QED) is 0.327. The van der Waals surface area contributed by atoms with Crippen LogP contribution in [0.3, 0.4) is 0 Å². The number of carbonyl (C=O) groups is 2. The molecule has 202 valence electrons.